The molecule has 0 spiro atoms. The number of aromatic nitrogens is 1. The van der Waals surface area contributed by atoms with Gasteiger partial charge in [-0.3, -0.25) is 18.3 Å². The summed E-state index contributed by atoms with van der Waals surface area (Å²) in [6, 6.07) is -3.16. The van der Waals surface area contributed by atoms with Crippen molar-refractivity contribution in [1.82, 2.24) is 14.6 Å². The van der Waals surface area contributed by atoms with Gasteiger partial charge in [0.05, 0.1) is 6.61 Å². The molecule has 18 heteroatoms. The van der Waals surface area contributed by atoms with E-state index < -0.39 is 51.1 Å². The summed E-state index contributed by atoms with van der Waals surface area (Å²) < 4.78 is 57.7. The zero-order valence-electron chi connectivity index (χ0n) is 13.9. The second kappa shape index (κ2) is 7.93. The molecule has 1 saturated heterocycles. The van der Waals surface area contributed by atoms with Crippen molar-refractivity contribution in [2.45, 2.75) is 12.1 Å². The second-order valence-electron chi connectivity index (χ2n) is 5.10. The van der Waals surface area contributed by atoms with Crippen molar-refractivity contribution in [3.05, 3.63) is 11.1 Å². The van der Waals surface area contributed by atoms with Crippen LogP contribution in [0.25, 0.3) is 0 Å². The number of amides is 2. The highest BCUT2D eigenvalue weighted by Gasteiger charge is 2.54. The van der Waals surface area contributed by atoms with Crippen LogP contribution in [0, 0.1) is 0 Å². The molecule has 1 aromatic rings. The van der Waals surface area contributed by atoms with E-state index in [2.05, 4.69) is 29.6 Å². The number of oxime groups is 1. The lowest BCUT2D eigenvalue weighted by atomic mass is 9.99. The van der Waals surface area contributed by atoms with E-state index >= 15 is 0 Å². The highest BCUT2D eigenvalue weighted by molar-refractivity contribution is 7.84. The molecule has 1 aliphatic rings. The van der Waals surface area contributed by atoms with Gasteiger partial charge in [0.1, 0.15) is 24.9 Å². The van der Waals surface area contributed by atoms with Crippen LogP contribution in [0.15, 0.2) is 10.5 Å². The lowest BCUT2D eigenvalue weighted by Gasteiger charge is -2.43. The third-order valence-electron chi connectivity index (χ3n) is 3.27. The van der Waals surface area contributed by atoms with Crippen molar-refractivity contribution in [3.8, 4) is 0 Å². The second-order valence-corrected chi connectivity index (χ2v) is 8.50. The number of nitrogens with two attached hydrogens (primary N) is 2. The largest absolute Gasteiger partial charge is 0.398 e. The Balaban J connectivity index is 2.24. The van der Waals surface area contributed by atoms with E-state index in [0.29, 0.717) is 0 Å². The van der Waals surface area contributed by atoms with Gasteiger partial charge < -0.3 is 15.9 Å². The summed E-state index contributed by atoms with van der Waals surface area (Å²) in [5, 5.41) is 11.8. The Morgan fingerprint density at radius 3 is 2.57 bits per heavy atom. The Labute approximate surface area is 162 Å². The van der Waals surface area contributed by atoms with Crippen molar-refractivity contribution >= 4 is 54.6 Å². The summed E-state index contributed by atoms with van der Waals surface area (Å²) >= 11 is 0.992. The molecule has 1 fully saturated rings. The Morgan fingerprint density at radius 1 is 1.46 bits per heavy atom. The standard InChI is InChI=1S/C10H14N6O9S3/c1-24-15-6(4-3-26-10(11)13-4)8(17)14-7-5(2-25-27(12,19)20)16(9(7)18)28(21,22)23/h3,5,7H,2H2,1H3,(H2,11,13)(H,14,17)(H2,12,19,20)(H,21,22,23)/b15-6+/t5-,7+/m0/s1. The Morgan fingerprint density at radius 2 is 2.11 bits per heavy atom. The minimum absolute atomic E-state index is 0.0117. The maximum atomic E-state index is 12.4. The summed E-state index contributed by atoms with van der Waals surface area (Å²) in [4.78, 5) is 32.8. The smallest absolute Gasteiger partial charge is 0.362 e. The molecule has 0 aliphatic carbocycles. The first-order chi connectivity index (χ1) is 12.8. The third-order valence-corrected chi connectivity index (χ3v) is 5.36. The normalized spacial score (nSPS) is 20.6. The van der Waals surface area contributed by atoms with Crippen LogP contribution in [-0.4, -0.2) is 74.0 Å². The van der Waals surface area contributed by atoms with Gasteiger partial charge in [0.2, 0.25) is 0 Å². The number of anilines is 1. The number of hydrogen-bond acceptors (Lipinski definition) is 12. The van der Waals surface area contributed by atoms with Crippen LogP contribution in [-0.2, 0) is 39.2 Å². The summed E-state index contributed by atoms with van der Waals surface area (Å²) in [6.45, 7) is -0.949. The molecule has 0 unspecified atom stereocenters. The molecule has 6 N–H and O–H groups in total. The molecule has 1 aromatic heterocycles. The van der Waals surface area contributed by atoms with Crippen molar-refractivity contribution in [2.75, 3.05) is 19.5 Å². The molecule has 156 valence electrons. The van der Waals surface area contributed by atoms with Gasteiger partial charge >= 0.3 is 20.6 Å². The first kappa shape index (κ1) is 21.9. The predicted octanol–water partition coefficient (Wildman–Crippen LogP) is -3.21. The first-order valence-electron chi connectivity index (χ1n) is 6.96. The Bertz CT molecular complexity index is 1020. The number of thiazole rings is 1. The van der Waals surface area contributed by atoms with Crippen molar-refractivity contribution in [3.63, 3.8) is 0 Å². The summed E-state index contributed by atoms with van der Waals surface area (Å²) in [6.07, 6.45) is 0. The molecule has 0 bridgehead atoms. The molecule has 2 atom stereocenters. The van der Waals surface area contributed by atoms with Crippen LogP contribution < -0.4 is 16.2 Å². The average Bonchev–Trinajstić information content (AvgIpc) is 2.97. The fraction of sp³-hybridized carbons (Fsp3) is 0.400. The van der Waals surface area contributed by atoms with E-state index in [0.717, 1.165) is 18.4 Å². The fourth-order valence-electron chi connectivity index (χ4n) is 2.19. The number of rotatable bonds is 8. The lowest BCUT2D eigenvalue weighted by molar-refractivity contribution is -0.146. The van der Waals surface area contributed by atoms with Crippen LogP contribution in [0.4, 0.5) is 5.13 Å². The van der Waals surface area contributed by atoms with Gasteiger partial charge in [0, 0.05) is 5.38 Å². The van der Waals surface area contributed by atoms with Crippen molar-refractivity contribution < 1.29 is 40.0 Å². The molecule has 0 aromatic carbocycles. The molecule has 2 rings (SSSR count). The highest BCUT2D eigenvalue weighted by atomic mass is 32.2. The van der Waals surface area contributed by atoms with Gasteiger partial charge in [0.15, 0.2) is 10.8 Å². The number of carbonyl (C=O) groups excluding carboxylic acids is 2. The molecular formula is C10H14N6O9S3. The molecular weight excluding hydrogens is 444 g/mol. The SMILES string of the molecule is CO/N=C(/C(=O)N[C@H]1C(=O)N(S(=O)(=O)O)[C@H]1COS(N)(=O)=O)c1csc(N)n1. The van der Waals surface area contributed by atoms with Crippen LogP contribution in [0.2, 0.25) is 0 Å². The Hall–Kier alpha value is -2.38. The van der Waals surface area contributed by atoms with E-state index in [1.165, 1.54) is 5.38 Å². The van der Waals surface area contributed by atoms with Crippen molar-refractivity contribution in [2.24, 2.45) is 10.3 Å². The van der Waals surface area contributed by atoms with Crippen LogP contribution in [0.1, 0.15) is 5.69 Å². The number of hydrogen-bond donors (Lipinski definition) is 4. The summed E-state index contributed by atoms with van der Waals surface area (Å²) in [7, 11) is -8.40. The average molecular weight is 458 g/mol. The van der Waals surface area contributed by atoms with Gasteiger partial charge in [-0.1, -0.05) is 5.16 Å². The minimum Gasteiger partial charge on any atom is -0.398 e. The molecule has 15 nitrogen and oxygen atoms in total. The molecule has 1 aliphatic heterocycles. The van der Waals surface area contributed by atoms with E-state index in [1.807, 2.05) is 0 Å². The van der Waals surface area contributed by atoms with Crippen LogP contribution in [0.3, 0.4) is 0 Å². The van der Waals surface area contributed by atoms with Gasteiger partial charge in [-0.25, -0.2) is 14.4 Å². The first-order valence-corrected chi connectivity index (χ1v) is 10.7. The monoisotopic (exact) mass is 458 g/mol. The third kappa shape index (κ3) is 4.91. The summed E-state index contributed by atoms with van der Waals surface area (Å²) in [5.41, 5.74) is 5.10. The van der Waals surface area contributed by atoms with Gasteiger partial charge in [-0.15, -0.1) is 11.3 Å². The molecule has 2 amide bonds. The van der Waals surface area contributed by atoms with E-state index in [-0.39, 0.29) is 20.8 Å². The molecule has 0 saturated carbocycles. The van der Waals surface area contributed by atoms with E-state index in [4.69, 9.17) is 10.3 Å². The Kier molecular flexibility index (Phi) is 6.21. The van der Waals surface area contributed by atoms with Gasteiger partial charge in [0.25, 0.3) is 11.8 Å². The maximum Gasteiger partial charge on any atom is 0.362 e. The van der Waals surface area contributed by atoms with Gasteiger partial charge in [-0.05, 0) is 0 Å². The van der Waals surface area contributed by atoms with Crippen LogP contribution in [0.5, 0.6) is 0 Å². The quantitative estimate of drug-likeness (QED) is 0.131. The number of nitrogen functional groups attached to an aromatic ring is 1. The predicted molar refractivity (Wildman–Crippen MR) is 93.2 cm³/mol. The lowest BCUT2D eigenvalue weighted by Crippen LogP contribution is -2.73. The highest BCUT2D eigenvalue weighted by Crippen LogP contribution is 2.24. The number of carbonyl (C=O) groups is 2. The topological polar surface area (TPSA) is 234 Å². The van der Waals surface area contributed by atoms with Crippen molar-refractivity contribution in [1.29, 1.82) is 0 Å². The molecule has 0 radical (unpaired) electrons. The zero-order chi connectivity index (χ0) is 21.3. The minimum atomic E-state index is -5.05. The van der Waals surface area contributed by atoms with Crippen LogP contribution >= 0.6 is 11.3 Å². The summed E-state index contributed by atoms with van der Waals surface area (Å²) in [5.74, 6) is -2.26. The number of nitrogens with zero attached hydrogens (tertiary/aromatic N) is 3. The fourth-order valence-corrected chi connectivity index (χ4v) is 3.93. The maximum absolute atomic E-state index is 12.4. The zero-order valence-corrected chi connectivity index (χ0v) is 16.3. The van der Waals surface area contributed by atoms with E-state index in [1.54, 1.807) is 0 Å². The number of β-lactam (4-membered cyclic amide) rings is 1. The number of nitrogens with one attached hydrogen (secondary N) is 1. The van der Waals surface area contributed by atoms with Gasteiger partial charge in [-0.2, -0.15) is 16.8 Å². The molecule has 28 heavy (non-hydrogen) atoms. The molecule has 2 heterocycles. The van der Waals surface area contributed by atoms with E-state index in [9.17, 15) is 26.4 Å².